The molecule has 0 saturated heterocycles. The summed E-state index contributed by atoms with van der Waals surface area (Å²) in [7, 11) is 0. The van der Waals surface area contributed by atoms with Gasteiger partial charge in [0.25, 0.3) is 0 Å². The summed E-state index contributed by atoms with van der Waals surface area (Å²) in [6.45, 7) is 12.9. The molecule has 108 valence electrons. The predicted octanol–water partition coefficient (Wildman–Crippen LogP) is 2.99. The minimum absolute atomic E-state index is 0. The number of imidazole rings is 1. The minimum atomic E-state index is -0.00410. The summed E-state index contributed by atoms with van der Waals surface area (Å²) in [5.74, 6) is 0.573. The first-order chi connectivity index (χ1) is 7.21. The second-order valence-corrected chi connectivity index (χ2v) is 6.18. The summed E-state index contributed by atoms with van der Waals surface area (Å²) < 4.78 is 2.05. The Labute approximate surface area is 131 Å². The Bertz CT molecular complexity index is 342. The van der Waals surface area contributed by atoms with E-state index in [1.54, 1.807) is 6.33 Å². The average molecular weight is 386 g/mol. The largest absolute Gasteiger partial charge is 0.382 e. The maximum absolute atomic E-state index is 5.62. The first kappa shape index (κ1) is 20.3. The van der Waals surface area contributed by atoms with Crippen LogP contribution in [0.2, 0.25) is 0 Å². The lowest BCUT2D eigenvalue weighted by atomic mass is 9.96. The molecule has 0 aromatic carbocycles. The van der Waals surface area contributed by atoms with Gasteiger partial charge in [-0.15, -0.1) is 34.0 Å². The highest BCUT2D eigenvalue weighted by molar-refractivity contribution is 8.93. The second kappa shape index (κ2) is 7.50. The van der Waals surface area contributed by atoms with Gasteiger partial charge in [0.2, 0.25) is 0 Å². The number of aromatic nitrogens is 2. The smallest absolute Gasteiger partial charge is 0.141 e. The van der Waals surface area contributed by atoms with Crippen LogP contribution in [-0.2, 0) is 5.54 Å². The maximum atomic E-state index is 5.62. The maximum Gasteiger partial charge on any atom is 0.141 e. The first-order valence-electron chi connectivity index (χ1n) is 5.71. The van der Waals surface area contributed by atoms with Crippen LogP contribution in [0, 0.1) is 5.41 Å². The Hall–Kier alpha value is -0.0700. The lowest BCUT2D eigenvalue weighted by Crippen LogP contribution is -2.40. The molecule has 0 amide bonds. The molecule has 0 unspecified atom stereocenters. The Kier molecular flexibility index (Phi) is 8.44. The molecule has 0 saturated carbocycles. The Balaban J connectivity index is 0. The lowest BCUT2D eigenvalue weighted by molar-refractivity contribution is 0.298. The van der Waals surface area contributed by atoms with Crippen LogP contribution in [0.3, 0.4) is 0 Å². The fourth-order valence-electron chi connectivity index (χ4n) is 1.50. The fourth-order valence-corrected chi connectivity index (χ4v) is 1.50. The molecule has 1 heterocycles. The SMILES string of the molecule is Br.Br.CC(C)(C)CNCC(C)(C)n1cnc(N)c1. The molecule has 0 atom stereocenters. The van der Waals surface area contributed by atoms with E-state index < -0.39 is 0 Å². The van der Waals surface area contributed by atoms with Gasteiger partial charge in [0.15, 0.2) is 0 Å². The first-order valence-corrected chi connectivity index (χ1v) is 5.71. The predicted molar refractivity (Wildman–Crippen MR) is 88.9 cm³/mol. The summed E-state index contributed by atoms with van der Waals surface area (Å²) in [6, 6.07) is 0. The van der Waals surface area contributed by atoms with Crippen LogP contribution in [0.25, 0.3) is 0 Å². The minimum Gasteiger partial charge on any atom is -0.382 e. The fraction of sp³-hybridized carbons (Fsp3) is 0.750. The van der Waals surface area contributed by atoms with E-state index in [4.69, 9.17) is 5.73 Å². The molecule has 4 nitrogen and oxygen atoms in total. The van der Waals surface area contributed by atoms with Crippen LogP contribution >= 0.6 is 34.0 Å². The van der Waals surface area contributed by atoms with E-state index >= 15 is 0 Å². The molecule has 1 rings (SSSR count). The topological polar surface area (TPSA) is 55.9 Å². The Morgan fingerprint density at radius 1 is 1.17 bits per heavy atom. The van der Waals surface area contributed by atoms with Crippen molar-refractivity contribution in [2.45, 2.75) is 40.2 Å². The standard InChI is InChI=1S/C12H24N4.2BrH/c1-11(2,3)7-14-8-12(4,5)16-6-10(13)15-9-16;;/h6,9,14H,7-8,13H2,1-5H3;2*1H. The van der Waals surface area contributed by atoms with Gasteiger partial charge in [-0.25, -0.2) is 4.98 Å². The molecular formula is C12H26Br2N4. The molecule has 6 heteroatoms. The van der Waals surface area contributed by atoms with Crippen LogP contribution in [0.15, 0.2) is 12.5 Å². The molecule has 18 heavy (non-hydrogen) atoms. The normalized spacial score (nSPS) is 11.6. The van der Waals surface area contributed by atoms with E-state index in [2.05, 4.69) is 49.5 Å². The van der Waals surface area contributed by atoms with E-state index in [1.807, 2.05) is 6.20 Å². The second-order valence-electron chi connectivity index (χ2n) is 6.18. The van der Waals surface area contributed by atoms with E-state index in [9.17, 15) is 0 Å². The van der Waals surface area contributed by atoms with Crippen molar-refractivity contribution in [3.8, 4) is 0 Å². The van der Waals surface area contributed by atoms with Gasteiger partial charge in [-0.05, 0) is 19.3 Å². The highest BCUT2D eigenvalue weighted by Crippen LogP contribution is 2.16. The number of anilines is 1. The third-order valence-corrected chi connectivity index (χ3v) is 2.51. The van der Waals surface area contributed by atoms with Crippen molar-refractivity contribution in [1.29, 1.82) is 0 Å². The zero-order chi connectivity index (χ0) is 12.4. The van der Waals surface area contributed by atoms with Gasteiger partial charge in [-0.2, -0.15) is 0 Å². The lowest BCUT2D eigenvalue weighted by Gasteiger charge is -2.29. The van der Waals surface area contributed by atoms with Crippen molar-refractivity contribution >= 4 is 39.8 Å². The van der Waals surface area contributed by atoms with Gasteiger partial charge in [-0.1, -0.05) is 20.8 Å². The highest BCUT2D eigenvalue weighted by atomic mass is 79.9. The van der Waals surface area contributed by atoms with Gasteiger partial charge >= 0.3 is 0 Å². The third kappa shape index (κ3) is 6.75. The molecule has 1 aromatic heterocycles. The molecular weight excluding hydrogens is 360 g/mol. The molecule has 0 aliphatic heterocycles. The Morgan fingerprint density at radius 2 is 1.72 bits per heavy atom. The summed E-state index contributed by atoms with van der Waals surface area (Å²) in [4.78, 5) is 4.05. The van der Waals surface area contributed by atoms with Gasteiger partial charge in [0, 0.05) is 19.3 Å². The molecule has 0 spiro atoms. The van der Waals surface area contributed by atoms with Gasteiger partial charge in [-0.3, -0.25) is 0 Å². The van der Waals surface area contributed by atoms with Crippen molar-refractivity contribution in [2.24, 2.45) is 5.41 Å². The third-order valence-electron chi connectivity index (χ3n) is 2.51. The van der Waals surface area contributed by atoms with Crippen LogP contribution in [0.5, 0.6) is 0 Å². The summed E-state index contributed by atoms with van der Waals surface area (Å²) in [5.41, 5.74) is 5.93. The van der Waals surface area contributed by atoms with Crippen molar-refractivity contribution in [3.63, 3.8) is 0 Å². The van der Waals surface area contributed by atoms with Crippen molar-refractivity contribution in [3.05, 3.63) is 12.5 Å². The number of nitrogens with one attached hydrogen (secondary N) is 1. The quantitative estimate of drug-likeness (QED) is 0.837. The molecule has 0 radical (unpaired) electrons. The zero-order valence-corrected chi connectivity index (χ0v) is 15.3. The van der Waals surface area contributed by atoms with Gasteiger partial charge in [0.05, 0.1) is 11.9 Å². The number of hydrogen-bond acceptors (Lipinski definition) is 3. The number of halogens is 2. The van der Waals surface area contributed by atoms with E-state index in [-0.39, 0.29) is 39.5 Å². The summed E-state index contributed by atoms with van der Waals surface area (Å²) in [6.07, 6.45) is 3.66. The Morgan fingerprint density at radius 3 is 2.11 bits per heavy atom. The van der Waals surface area contributed by atoms with Crippen LogP contribution < -0.4 is 11.1 Å². The molecule has 3 N–H and O–H groups in total. The monoisotopic (exact) mass is 384 g/mol. The average Bonchev–Trinajstić information content (AvgIpc) is 2.49. The van der Waals surface area contributed by atoms with Gasteiger partial charge < -0.3 is 15.6 Å². The summed E-state index contributed by atoms with van der Waals surface area (Å²) in [5, 5.41) is 3.48. The van der Waals surface area contributed by atoms with Crippen molar-refractivity contribution in [1.82, 2.24) is 14.9 Å². The number of nitrogen functional groups attached to an aromatic ring is 1. The van der Waals surface area contributed by atoms with Crippen molar-refractivity contribution in [2.75, 3.05) is 18.8 Å². The number of hydrogen-bond donors (Lipinski definition) is 2. The summed E-state index contributed by atoms with van der Waals surface area (Å²) >= 11 is 0. The van der Waals surface area contributed by atoms with Gasteiger partial charge in [0.1, 0.15) is 5.82 Å². The number of nitrogens with two attached hydrogens (primary N) is 1. The molecule has 0 bridgehead atoms. The van der Waals surface area contributed by atoms with E-state index in [0.29, 0.717) is 11.2 Å². The van der Waals surface area contributed by atoms with Crippen LogP contribution in [0.4, 0.5) is 5.82 Å². The molecule has 0 fully saturated rings. The van der Waals surface area contributed by atoms with Crippen LogP contribution in [0.1, 0.15) is 34.6 Å². The van der Waals surface area contributed by atoms with E-state index in [0.717, 1.165) is 13.1 Å². The number of nitrogens with zero attached hydrogens (tertiary/aromatic N) is 2. The molecule has 0 aliphatic rings. The van der Waals surface area contributed by atoms with Crippen molar-refractivity contribution < 1.29 is 0 Å². The molecule has 1 aromatic rings. The van der Waals surface area contributed by atoms with E-state index in [1.165, 1.54) is 0 Å². The molecule has 0 aliphatic carbocycles. The highest BCUT2D eigenvalue weighted by Gasteiger charge is 2.20. The zero-order valence-electron chi connectivity index (χ0n) is 11.9. The van der Waals surface area contributed by atoms with Crippen LogP contribution in [-0.4, -0.2) is 22.6 Å². The number of rotatable bonds is 4.